The highest BCUT2D eigenvalue weighted by atomic mass is 35.5. The van der Waals surface area contributed by atoms with E-state index in [-0.39, 0.29) is 30.7 Å². The monoisotopic (exact) mass is 371 g/mol. The molecule has 134 valence electrons. The number of carbonyl (C=O) groups is 1. The summed E-state index contributed by atoms with van der Waals surface area (Å²) in [6.45, 7) is 5.37. The number of nitrogens with one attached hydrogen (secondary N) is 2. The summed E-state index contributed by atoms with van der Waals surface area (Å²) in [6, 6.07) is 8.28. The van der Waals surface area contributed by atoms with Gasteiger partial charge in [-0.25, -0.2) is 0 Å². The Morgan fingerprint density at radius 1 is 1.33 bits per heavy atom. The van der Waals surface area contributed by atoms with Crippen molar-refractivity contribution in [2.24, 2.45) is 5.92 Å². The minimum Gasteiger partial charge on any atom is -0.347 e. The summed E-state index contributed by atoms with van der Waals surface area (Å²) >= 11 is 0. The van der Waals surface area contributed by atoms with Gasteiger partial charge >= 0.3 is 0 Å². The van der Waals surface area contributed by atoms with Crippen molar-refractivity contribution in [1.29, 1.82) is 0 Å². The van der Waals surface area contributed by atoms with Crippen molar-refractivity contribution in [2.75, 3.05) is 18.4 Å². The molecule has 1 amide bonds. The number of anilines is 1. The first-order chi connectivity index (χ1) is 10.8. The Morgan fingerprint density at radius 3 is 2.88 bits per heavy atom. The number of amides is 1. The lowest BCUT2D eigenvalue weighted by Gasteiger charge is -2.09. The zero-order valence-electron chi connectivity index (χ0n) is 14.1. The van der Waals surface area contributed by atoms with Crippen LogP contribution < -0.4 is 10.6 Å². The van der Waals surface area contributed by atoms with Crippen molar-refractivity contribution in [3.05, 3.63) is 30.5 Å². The Balaban J connectivity index is 0.00000144. The molecule has 0 aliphatic carbocycles. The number of nitrogens with zero attached hydrogens (tertiary/aromatic N) is 1. The lowest BCUT2D eigenvalue weighted by atomic mass is 10.0. The molecule has 6 heteroatoms. The summed E-state index contributed by atoms with van der Waals surface area (Å²) in [5.41, 5.74) is 2.13. The van der Waals surface area contributed by atoms with E-state index in [4.69, 9.17) is 0 Å². The van der Waals surface area contributed by atoms with E-state index >= 15 is 0 Å². The summed E-state index contributed by atoms with van der Waals surface area (Å²) < 4.78 is 2.26. The van der Waals surface area contributed by atoms with Crippen LogP contribution in [0.4, 0.5) is 5.69 Å². The lowest BCUT2D eigenvalue weighted by Crippen LogP contribution is -2.14. The lowest BCUT2D eigenvalue weighted by molar-refractivity contribution is -0.116. The van der Waals surface area contributed by atoms with Crippen LogP contribution in [0.25, 0.3) is 10.9 Å². The predicted octanol–water partition coefficient (Wildman–Crippen LogP) is 4.22. The van der Waals surface area contributed by atoms with Gasteiger partial charge in [-0.05, 0) is 62.5 Å². The molecule has 0 bridgehead atoms. The maximum atomic E-state index is 12.1. The summed E-state index contributed by atoms with van der Waals surface area (Å²) in [4.78, 5) is 12.1. The standard InChI is InChI=1S/C18H25N3O.2ClH/c1-2-10-21-11-8-15-12-16(4-5-17(15)21)20-18(22)6-3-14-7-9-19-13-14;;/h4-5,8,11-12,14,19H,2-3,6-7,9-10,13H2,1H3,(H,20,22);2*1H. The number of carbonyl (C=O) groups excluding carboxylic acids is 1. The Morgan fingerprint density at radius 2 is 2.17 bits per heavy atom. The molecule has 1 unspecified atom stereocenters. The SMILES string of the molecule is CCCn1ccc2cc(NC(=O)CCC3CCNC3)ccc21.Cl.Cl. The highest BCUT2D eigenvalue weighted by Crippen LogP contribution is 2.21. The van der Waals surface area contributed by atoms with Gasteiger partial charge < -0.3 is 15.2 Å². The highest BCUT2D eigenvalue weighted by molar-refractivity contribution is 5.93. The van der Waals surface area contributed by atoms with Crippen molar-refractivity contribution >= 4 is 47.3 Å². The Bertz CT molecular complexity index is 651. The number of aromatic nitrogens is 1. The van der Waals surface area contributed by atoms with Crippen LogP contribution in [0.2, 0.25) is 0 Å². The van der Waals surface area contributed by atoms with Gasteiger partial charge in [0.25, 0.3) is 0 Å². The van der Waals surface area contributed by atoms with Gasteiger partial charge in [0.1, 0.15) is 0 Å². The predicted molar refractivity (Wildman–Crippen MR) is 106 cm³/mol. The van der Waals surface area contributed by atoms with Gasteiger partial charge in [-0.1, -0.05) is 6.92 Å². The van der Waals surface area contributed by atoms with E-state index in [1.165, 1.54) is 17.3 Å². The largest absolute Gasteiger partial charge is 0.347 e. The van der Waals surface area contributed by atoms with Crippen LogP contribution in [-0.2, 0) is 11.3 Å². The first-order valence-electron chi connectivity index (χ1n) is 8.35. The van der Waals surface area contributed by atoms with E-state index in [0.29, 0.717) is 12.3 Å². The van der Waals surface area contributed by atoms with E-state index in [1.807, 2.05) is 6.07 Å². The molecule has 1 aromatic heterocycles. The molecule has 2 N–H and O–H groups in total. The zero-order valence-corrected chi connectivity index (χ0v) is 15.7. The summed E-state index contributed by atoms with van der Waals surface area (Å²) in [5, 5.41) is 7.56. The van der Waals surface area contributed by atoms with Crippen LogP contribution in [0.3, 0.4) is 0 Å². The van der Waals surface area contributed by atoms with Gasteiger partial charge in [0, 0.05) is 35.8 Å². The highest BCUT2D eigenvalue weighted by Gasteiger charge is 2.15. The fourth-order valence-corrected chi connectivity index (χ4v) is 3.23. The Labute approximate surface area is 156 Å². The molecule has 24 heavy (non-hydrogen) atoms. The van der Waals surface area contributed by atoms with Crippen LogP contribution in [0.1, 0.15) is 32.6 Å². The van der Waals surface area contributed by atoms with Crippen LogP contribution in [-0.4, -0.2) is 23.6 Å². The van der Waals surface area contributed by atoms with Gasteiger partial charge in [-0.3, -0.25) is 4.79 Å². The minimum atomic E-state index is 0. The van der Waals surface area contributed by atoms with Crippen LogP contribution in [0.5, 0.6) is 0 Å². The Kier molecular flexibility index (Phi) is 8.60. The van der Waals surface area contributed by atoms with Gasteiger partial charge in [0.05, 0.1) is 0 Å². The third-order valence-electron chi connectivity index (χ3n) is 4.46. The molecule has 1 aliphatic rings. The van der Waals surface area contributed by atoms with Gasteiger partial charge in [-0.15, -0.1) is 24.8 Å². The molecule has 1 aliphatic heterocycles. The van der Waals surface area contributed by atoms with Crippen LogP contribution >= 0.6 is 24.8 Å². The Hall–Kier alpha value is -1.23. The topological polar surface area (TPSA) is 46.1 Å². The average molecular weight is 372 g/mol. The first kappa shape index (κ1) is 20.8. The van der Waals surface area contributed by atoms with Crippen molar-refractivity contribution < 1.29 is 4.79 Å². The number of benzene rings is 1. The van der Waals surface area contributed by atoms with Crippen molar-refractivity contribution in [3.8, 4) is 0 Å². The second-order valence-electron chi connectivity index (χ2n) is 6.23. The van der Waals surface area contributed by atoms with Crippen molar-refractivity contribution in [1.82, 2.24) is 9.88 Å². The van der Waals surface area contributed by atoms with Crippen LogP contribution in [0, 0.1) is 5.92 Å². The fourth-order valence-electron chi connectivity index (χ4n) is 3.23. The van der Waals surface area contributed by atoms with Gasteiger partial charge in [-0.2, -0.15) is 0 Å². The molecule has 1 saturated heterocycles. The maximum absolute atomic E-state index is 12.1. The van der Waals surface area contributed by atoms with E-state index in [9.17, 15) is 4.79 Å². The molecular weight excluding hydrogens is 345 g/mol. The summed E-state index contributed by atoms with van der Waals surface area (Å²) in [6.07, 6.45) is 6.03. The molecule has 1 fully saturated rings. The maximum Gasteiger partial charge on any atom is 0.224 e. The normalized spacial score (nSPS) is 16.5. The van der Waals surface area contributed by atoms with Crippen molar-refractivity contribution in [3.63, 3.8) is 0 Å². The summed E-state index contributed by atoms with van der Waals surface area (Å²) in [7, 11) is 0. The number of hydrogen-bond acceptors (Lipinski definition) is 2. The molecular formula is C18H27Cl2N3O. The zero-order chi connectivity index (χ0) is 15.4. The third-order valence-corrected chi connectivity index (χ3v) is 4.46. The smallest absolute Gasteiger partial charge is 0.224 e. The number of hydrogen-bond donors (Lipinski definition) is 2. The molecule has 0 radical (unpaired) electrons. The van der Waals surface area contributed by atoms with Crippen molar-refractivity contribution in [2.45, 2.75) is 39.2 Å². The average Bonchev–Trinajstić information content (AvgIpc) is 3.15. The van der Waals surface area contributed by atoms with E-state index in [0.717, 1.165) is 38.2 Å². The van der Waals surface area contributed by atoms with E-state index < -0.39 is 0 Å². The molecule has 0 spiro atoms. The first-order valence-corrected chi connectivity index (χ1v) is 8.35. The molecule has 4 nitrogen and oxygen atoms in total. The van der Waals surface area contributed by atoms with E-state index in [2.05, 4.69) is 46.5 Å². The quantitative estimate of drug-likeness (QED) is 0.798. The second-order valence-corrected chi connectivity index (χ2v) is 6.23. The fraction of sp³-hybridized carbons (Fsp3) is 0.500. The van der Waals surface area contributed by atoms with Gasteiger partial charge in [0.2, 0.25) is 5.91 Å². The number of fused-ring (bicyclic) bond motifs is 1. The number of halogens is 2. The molecule has 1 aromatic carbocycles. The molecule has 0 saturated carbocycles. The number of rotatable bonds is 6. The summed E-state index contributed by atoms with van der Waals surface area (Å²) in [5.74, 6) is 0.788. The molecule has 1 atom stereocenters. The molecule has 3 rings (SSSR count). The third kappa shape index (κ3) is 5.13. The second kappa shape index (κ2) is 9.92. The van der Waals surface area contributed by atoms with Crippen LogP contribution in [0.15, 0.2) is 30.5 Å². The number of aryl methyl sites for hydroxylation is 1. The molecule has 2 aromatic rings. The minimum absolute atomic E-state index is 0. The van der Waals surface area contributed by atoms with E-state index in [1.54, 1.807) is 0 Å². The molecule has 2 heterocycles. The van der Waals surface area contributed by atoms with Gasteiger partial charge in [0.15, 0.2) is 0 Å².